The lowest BCUT2D eigenvalue weighted by Crippen LogP contribution is -2.53. The molecule has 9 nitrogen and oxygen atoms in total. The van der Waals surface area contributed by atoms with Crippen LogP contribution in [0.4, 0.5) is 10.5 Å². The topological polar surface area (TPSA) is 117 Å². The zero-order valence-corrected chi connectivity index (χ0v) is 21.4. The van der Waals surface area contributed by atoms with Gasteiger partial charge in [-0.3, -0.25) is 14.5 Å². The van der Waals surface area contributed by atoms with Crippen molar-refractivity contribution in [2.75, 3.05) is 12.4 Å². The number of methoxy groups -OCH3 is 1. The number of benzene rings is 2. The predicted octanol–water partition coefficient (Wildman–Crippen LogP) is 4.05. The van der Waals surface area contributed by atoms with Crippen LogP contribution >= 0.6 is 0 Å². The van der Waals surface area contributed by atoms with Crippen LogP contribution < -0.4 is 15.4 Å². The van der Waals surface area contributed by atoms with E-state index in [9.17, 15) is 19.5 Å². The van der Waals surface area contributed by atoms with Crippen molar-refractivity contribution in [3.63, 3.8) is 0 Å². The van der Waals surface area contributed by atoms with E-state index in [1.807, 2.05) is 0 Å². The Kier molecular flexibility index (Phi) is 9.33. The van der Waals surface area contributed by atoms with Crippen LogP contribution in [0, 0.1) is 18.4 Å². The van der Waals surface area contributed by atoms with Crippen LogP contribution in [0.25, 0.3) is 0 Å². The summed E-state index contributed by atoms with van der Waals surface area (Å²) in [6.45, 7) is 8.54. The molecular weight excluding hydrogens is 462 g/mol. The number of carbonyl (C=O) groups is 3. The molecule has 3 N–H and O–H groups in total. The number of hydrogen-bond acceptors (Lipinski definition) is 6. The number of carbonyl (C=O) groups excluding carboxylic acids is 3. The van der Waals surface area contributed by atoms with Crippen molar-refractivity contribution in [1.29, 1.82) is 0 Å². The van der Waals surface area contributed by atoms with Crippen molar-refractivity contribution < 1.29 is 29.0 Å². The molecule has 0 bridgehead atoms. The van der Waals surface area contributed by atoms with Gasteiger partial charge >= 0.3 is 6.09 Å². The summed E-state index contributed by atoms with van der Waals surface area (Å²) in [6.07, 6.45) is 4.94. The molecule has 2 atom stereocenters. The molecule has 0 aliphatic rings. The van der Waals surface area contributed by atoms with Gasteiger partial charge in [0, 0.05) is 17.3 Å². The highest BCUT2D eigenvalue weighted by Crippen LogP contribution is 2.31. The number of aromatic hydroxyl groups is 1. The normalized spacial score (nSPS) is 12.6. The Bertz CT molecular complexity index is 1120. The van der Waals surface area contributed by atoms with Crippen molar-refractivity contribution in [1.82, 2.24) is 10.2 Å². The number of nitrogens with zero attached hydrogens (tertiary/aromatic N) is 1. The maximum absolute atomic E-state index is 13.6. The average molecular weight is 496 g/mol. The molecule has 2 unspecified atom stereocenters. The van der Waals surface area contributed by atoms with E-state index in [2.05, 4.69) is 16.7 Å². The fourth-order valence-corrected chi connectivity index (χ4v) is 3.36. The minimum atomic E-state index is -1.40. The molecular formula is C27H33N3O6. The molecule has 0 aromatic heterocycles. The Morgan fingerprint density at radius 2 is 1.67 bits per heavy atom. The van der Waals surface area contributed by atoms with E-state index in [-0.39, 0.29) is 11.3 Å². The number of anilines is 1. The van der Waals surface area contributed by atoms with Crippen molar-refractivity contribution in [2.24, 2.45) is 5.92 Å². The lowest BCUT2D eigenvalue weighted by molar-refractivity contribution is -0.137. The molecule has 2 aromatic carbocycles. The highest BCUT2D eigenvalue weighted by molar-refractivity contribution is 6.00. The van der Waals surface area contributed by atoms with E-state index in [4.69, 9.17) is 15.9 Å². The lowest BCUT2D eigenvalue weighted by Gasteiger charge is -2.32. The van der Waals surface area contributed by atoms with Crippen LogP contribution in [0.2, 0.25) is 0 Å². The third kappa shape index (κ3) is 7.40. The van der Waals surface area contributed by atoms with Crippen molar-refractivity contribution in [3.8, 4) is 24.0 Å². The van der Waals surface area contributed by atoms with E-state index in [0.717, 1.165) is 4.90 Å². The van der Waals surface area contributed by atoms with Gasteiger partial charge in [-0.1, -0.05) is 38.5 Å². The fraction of sp³-hybridized carbons (Fsp3) is 0.370. The Morgan fingerprint density at radius 1 is 1.06 bits per heavy atom. The summed E-state index contributed by atoms with van der Waals surface area (Å²) >= 11 is 0. The van der Waals surface area contributed by atoms with Crippen LogP contribution in [0.3, 0.4) is 0 Å². The van der Waals surface area contributed by atoms with Crippen molar-refractivity contribution in [3.05, 3.63) is 54.1 Å². The zero-order valence-electron chi connectivity index (χ0n) is 21.4. The summed E-state index contributed by atoms with van der Waals surface area (Å²) in [5.74, 6) is -1.39. The number of amides is 3. The lowest BCUT2D eigenvalue weighted by atomic mass is 9.99. The van der Waals surface area contributed by atoms with E-state index in [0.29, 0.717) is 11.4 Å². The molecule has 3 amide bonds. The summed E-state index contributed by atoms with van der Waals surface area (Å²) < 4.78 is 10.4. The first-order chi connectivity index (χ1) is 16.9. The third-order valence-electron chi connectivity index (χ3n) is 5.08. The maximum Gasteiger partial charge on any atom is 0.408 e. The number of terminal acetylenes is 1. The first kappa shape index (κ1) is 28.1. The first-order valence-corrected chi connectivity index (χ1v) is 11.4. The predicted molar refractivity (Wildman–Crippen MR) is 136 cm³/mol. The molecule has 0 spiro atoms. The van der Waals surface area contributed by atoms with Crippen LogP contribution in [-0.4, -0.2) is 46.7 Å². The second-order valence-corrected chi connectivity index (χ2v) is 9.38. The molecule has 0 fully saturated rings. The van der Waals surface area contributed by atoms with Gasteiger partial charge < -0.3 is 25.2 Å². The Hall–Kier alpha value is -4.19. The Morgan fingerprint density at radius 3 is 2.17 bits per heavy atom. The average Bonchev–Trinajstić information content (AvgIpc) is 2.80. The van der Waals surface area contributed by atoms with Crippen LogP contribution in [0.5, 0.6) is 11.5 Å². The van der Waals surface area contributed by atoms with Gasteiger partial charge in [0.1, 0.15) is 23.1 Å². The van der Waals surface area contributed by atoms with Gasteiger partial charge in [0.25, 0.3) is 11.8 Å². The molecule has 0 aliphatic carbocycles. The smallest absolute Gasteiger partial charge is 0.408 e. The highest BCUT2D eigenvalue weighted by atomic mass is 16.6. The molecule has 36 heavy (non-hydrogen) atoms. The molecule has 0 heterocycles. The molecule has 9 heteroatoms. The van der Waals surface area contributed by atoms with Crippen molar-refractivity contribution >= 4 is 23.6 Å². The summed E-state index contributed by atoms with van der Waals surface area (Å²) in [4.78, 5) is 40.4. The number of phenols is 1. The van der Waals surface area contributed by atoms with Gasteiger partial charge in [-0.15, -0.1) is 0 Å². The SMILES string of the molecule is C#CN(C(=O)C(NC(=O)OC(C)(C)C)C(C)C)C(C(=O)Nc1ccc(OC)cc1)c1ccccc1O. The fourth-order valence-electron chi connectivity index (χ4n) is 3.36. The van der Waals surface area contributed by atoms with Gasteiger partial charge in [0.15, 0.2) is 6.04 Å². The van der Waals surface area contributed by atoms with E-state index < -0.39 is 41.5 Å². The number of nitrogens with one attached hydrogen (secondary N) is 2. The maximum atomic E-state index is 13.6. The number of phenolic OH excluding ortho intramolecular Hbond substituents is 1. The summed E-state index contributed by atoms with van der Waals surface area (Å²) in [6, 6.07) is 12.4. The largest absolute Gasteiger partial charge is 0.508 e. The van der Waals surface area contributed by atoms with E-state index >= 15 is 0 Å². The van der Waals surface area contributed by atoms with Gasteiger partial charge in [-0.25, -0.2) is 4.79 Å². The summed E-state index contributed by atoms with van der Waals surface area (Å²) in [7, 11) is 1.52. The third-order valence-corrected chi connectivity index (χ3v) is 5.08. The second-order valence-electron chi connectivity index (χ2n) is 9.38. The number of rotatable bonds is 8. The summed E-state index contributed by atoms with van der Waals surface area (Å²) in [5.41, 5.74) is -0.232. The van der Waals surface area contributed by atoms with Gasteiger partial charge in [-0.2, -0.15) is 0 Å². The van der Waals surface area contributed by atoms with E-state index in [1.165, 1.54) is 19.2 Å². The number of hydrogen-bond donors (Lipinski definition) is 3. The molecule has 0 aliphatic heterocycles. The molecule has 0 radical (unpaired) electrons. The highest BCUT2D eigenvalue weighted by Gasteiger charge is 2.38. The zero-order chi connectivity index (χ0) is 27.0. The van der Waals surface area contributed by atoms with Gasteiger partial charge in [0.05, 0.1) is 7.11 Å². The molecule has 192 valence electrons. The van der Waals surface area contributed by atoms with Crippen molar-refractivity contribution in [2.45, 2.75) is 52.3 Å². The number of para-hydroxylation sites is 1. The Labute approximate surface area is 211 Å². The van der Waals surface area contributed by atoms with Crippen LogP contribution in [0.1, 0.15) is 46.2 Å². The number of alkyl carbamates (subject to hydrolysis) is 1. The monoisotopic (exact) mass is 495 g/mol. The number of ether oxygens (including phenoxy) is 2. The minimum Gasteiger partial charge on any atom is -0.508 e. The molecule has 0 saturated carbocycles. The summed E-state index contributed by atoms with van der Waals surface area (Å²) in [5, 5.41) is 15.8. The van der Waals surface area contributed by atoms with Crippen LogP contribution in [-0.2, 0) is 14.3 Å². The minimum absolute atomic E-state index is 0.120. The molecule has 2 rings (SSSR count). The van der Waals surface area contributed by atoms with E-state index in [1.54, 1.807) is 71.0 Å². The standard InChI is InChI=1S/C27H33N3O6/c1-8-30(25(33)22(17(2)3)29-26(34)36-27(4,5)6)23(20-11-9-10-12-21(20)31)24(32)28-18-13-15-19(35-7)16-14-18/h1,9-17,22-23,31H,2-7H3,(H,28,32)(H,29,34). The van der Waals surface area contributed by atoms with Crippen LogP contribution in [0.15, 0.2) is 48.5 Å². The van der Waals surface area contributed by atoms with Gasteiger partial charge in [0.2, 0.25) is 0 Å². The second kappa shape index (κ2) is 12.0. The molecule has 2 aromatic rings. The quantitative estimate of drug-likeness (QED) is 0.376. The molecule has 0 saturated heterocycles. The first-order valence-electron chi connectivity index (χ1n) is 11.4. The Balaban J connectivity index is 2.44. The van der Waals surface area contributed by atoms with Gasteiger partial charge in [-0.05, 0) is 57.0 Å².